The van der Waals surface area contributed by atoms with Crippen molar-refractivity contribution in [1.82, 2.24) is 9.97 Å². The summed E-state index contributed by atoms with van der Waals surface area (Å²) in [5.41, 5.74) is 0.767. The molecule has 1 aromatic heterocycles. The van der Waals surface area contributed by atoms with Crippen molar-refractivity contribution in [2.75, 3.05) is 5.32 Å². The van der Waals surface area contributed by atoms with Gasteiger partial charge in [-0.05, 0) is 30.3 Å². The zero-order valence-electron chi connectivity index (χ0n) is 12.2. The van der Waals surface area contributed by atoms with E-state index in [0.29, 0.717) is 28.8 Å². The van der Waals surface area contributed by atoms with E-state index in [0.717, 1.165) is 0 Å². The van der Waals surface area contributed by atoms with Gasteiger partial charge in [-0.25, -0.2) is 9.37 Å². The molecule has 6 heteroatoms. The maximum atomic E-state index is 13.1. The summed E-state index contributed by atoms with van der Waals surface area (Å²) < 4.78 is 13.1. The normalized spacial score (nSPS) is 10.7. The average molecular weight is 311 g/mol. The smallest absolute Gasteiger partial charge is 0.258 e. The number of benzene rings is 2. The first-order chi connectivity index (χ1) is 11.1. The van der Waals surface area contributed by atoms with Gasteiger partial charge in [0.25, 0.3) is 5.56 Å². The lowest BCUT2D eigenvalue weighted by atomic mass is 10.2. The van der Waals surface area contributed by atoms with Crippen molar-refractivity contribution in [3.8, 4) is 0 Å². The topological polar surface area (TPSA) is 74.8 Å². The van der Waals surface area contributed by atoms with Crippen LogP contribution in [0.2, 0.25) is 0 Å². The van der Waals surface area contributed by atoms with E-state index < -0.39 is 5.82 Å². The number of rotatable bonds is 4. The van der Waals surface area contributed by atoms with Crippen LogP contribution < -0.4 is 10.9 Å². The molecule has 0 spiro atoms. The Hall–Kier alpha value is -3.02. The summed E-state index contributed by atoms with van der Waals surface area (Å²) in [4.78, 5) is 30.8. The Morgan fingerprint density at radius 1 is 1.17 bits per heavy atom. The van der Waals surface area contributed by atoms with Gasteiger partial charge in [-0.3, -0.25) is 9.59 Å². The van der Waals surface area contributed by atoms with Crippen LogP contribution in [-0.2, 0) is 11.2 Å². The number of fused-ring (bicyclic) bond motifs is 1. The number of aromatic nitrogens is 2. The number of nitrogens with one attached hydrogen (secondary N) is 2. The molecule has 23 heavy (non-hydrogen) atoms. The van der Waals surface area contributed by atoms with Crippen LogP contribution in [0.4, 0.5) is 10.1 Å². The van der Waals surface area contributed by atoms with Crippen molar-refractivity contribution in [2.45, 2.75) is 12.8 Å². The van der Waals surface area contributed by atoms with Crippen molar-refractivity contribution in [1.29, 1.82) is 0 Å². The number of aromatic amines is 1. The molecular formula is C17H14FN3O2. The van der Waals surface area contributed by atoms with Crippen molar-refractivity contribution in [3.63, 3.8) is 0 Å². The Balaban J connectivity index is 1.68. The van der Waals surface area contributed by atoms with Gasteiger partial charge in [0.1, 0.15) is 11.6 Å². The average Bonchev–Trinajstić information content (AvgIpc) is 2.53. The van der Waals surface area contributed by atoms with Gasteiger partial charge in [-0.1, -0.05) is 18.2 Å². The zero-order valence-corrected chi connectivity index (χ0v) is 12.2. The highest BCUT2D eigenvalue weighted by molar-refractivity contribution is 5.90. The number of amides is 1. The summed E-state index contributed by atoms with van der Waals surface area (Å²) in [6.07, 6.45) is 0.430. The maximum Gasteiger partial charge on any atom is 0.258 e. The van der Waals surface area contributed by atoms with Crippen molar-refractivity contribution < 1.29 is 9.18 Å². The molecule has 0 bridgehead atoms. The molecule has 1 heterocycles. The highest BCUT2D eigenvalue weighted by Gasteiger charge is 2.07. The number of hydrogen-bond donors (Lipinski definition) is 2. The third-order valence-electron chi connectivity index (χ3n) is 3.36. The third kappa shape index (κ3) is 3.60. The van der Waals surface area contributed by atoms with Crippen molar-refractivity contribution in [3.05, 3.63) is 70.5 Å². The number of nitrogens with zero attached hydrogens (tertiary/aromatic N) is 1. The van der Waals surface area contributed by atoms with Gasteiger partial charge in [0, 0.05) is 18.5 Å². The van der Waals surface area contributed by atoms with E-state index in [2.05, 4.69) is 15.3 Å². The van der Waals surface area contributed by atoms with Crippen molar-refractivity contribution >= 4 is 22.5 Å². The minimum atomic E-state index is -0.414. The van der Waals surface area contributed by atoms with Crippen LogP contribution in [0.5, 0.6) is 0 Å². The molecule has 0 saturated carbocycles. The predicted molar refractivity (Wildman–Crippen MR) is 85.7 cm³/mol. The summed E-state index contributed by atoms with van der Waals surface area (Å²) >= 11 is 0. The van der Waals surface area contributed by atoms with Crippen LogP contribution in [0.1, 0.15) is 12.2 Å². The first-order valence-electron chi connectivity index (χ1n) is 7.15. The van der Waals surface area contributed by atoms with Crippen LogP contribution in [0.3, 0.4) is 0 Å². The first kappa shape index (κ1) is 14.9. The van der Waals surface area contributed by atoms with Gasteiger partial charge >= 0.3 is 0 Å². The lowest BCUT2D eigenvalue weighted by molar-refractivity contribution is -0.116. The summed E-state index contributed by atoms with van der Waals surface area (Å²) in [6.45, 7) is 0. The molecular weight excluding hydrogens is 297 g/mol. The zero-order chi connectivity index (χ0) is 16.2. The molecule has 0 atom stereocenters. The van der Waals surface area contributed by atoms with E-state index in [9.17, 15) is 14.0 Å². The third-order valence-corrected chi connectivity index (χ3v) is 3.36. The molecule has 0 fully saturated rings. The quantitative estimate of drug-likeness (QED) is 0.778. The molecule has 2 aromatic carbocycles. The molecule has 116 valence electrons. The fraction of sp³-hybridized carbons (Fsp3) is 0.118. The van der Waals surface area contributed by atoms with Crippen molar-refractivity contribution in [2.24, 2.45) is 0 Å². The molecule has 0 aliphatic carbocycles. The highest BCUT2D eigenvalue weighted by Crippen LogP contribution is 2.10. The molecule has 0 aliphatic heterocycles. The molecule has 0 aliphatic rings. The summed E-state index contributed by atoms with van der Waals surface area (Å²) in [6, 6.07) is 12.7. The molecule has 2 N–H and O–H groups in total. The Labute approximate surface area is 131 Å². The fourth-order valence-electron chi connectivity index (χ4n) is 2.27. The van der Waals surface area contributed by atoms with E-state index >= 15 is 0 Å². The number of aryl methyl sites for hydroxylation is 1. The summed E-state index contributed by atoms with van der Waals surface area (Å²) in [5.74, 6) is -0.238. The van der Waals surface area contributed by atoms with Crippen LogP contribution in [-0.4, -0.2) is 15.9 Å². The SMILES string of the molecule is O=C(CCc1nc2ccccc2c(=O)[nH]1)Nc1cccc(F)c1. The Bertz CT molecular complexity index is 921. The molecule has 3 aromatic rings. The number of para-hydroxylation sites is 1. The lowest BCUT2D eigenvalue weighted by Gasteiger charge is -2.05. The maximum absolute atomic E-state index is 13.1. The number of hydrogen-bond acceptors (Lipinski definition) is 3. The monoisotopic (exact) mass is 311 g/mol. The Morgan fingerprint density at radius 2 is 2.00 bits per heavy atom. The minimum Gasteiger partial charge on any atom is -0.326 e. The molecule has 1 amide bonds. The fourth-order valence-corrected chi connectivity index (χ4v) is 2.27. The van der Waals surface area contributed by atoms with E-state index in [1.807, 2.05) is 0 Å². The van der Waals surface area contributed by atoms with Gasteiger partial charge in [-0.2, -0.15) is 0 Å². The van der Waals surface area contributed by atoms with E-state index in [4.69, 9.17) is 0 Å². The summed E-state index contributed by atoms with van der Waals surface area (Å²) in [7, 11) is 0. The molecule has 0 saturated heterocycles. The van der Waals surface area contributed by atoms with Gasteiger partial charge < -0.3 is 10.3 Å². The molecule has 5 nitrogen and oxygen atoms in total. The predicted octanol–water partition coefficient (Wildman–Crippen LogP) is 2.63. The number of carbonyl (C=O) groups is 1. The lowest BCUT2D eigenvalue weighted by Crippen LogP contribution is -2.16. The van der Waals surface area contributed by atoms with E-state index in [-0.39, 0.29) is 17.9 Å². The largest absolute Gasteiger partial charge is 0.326 e. The number of carbonyl (C=O) groups excluding carboxylic acids is 1. The second-order valence-corrected chi connectivity index (χ2v) is 5.09. The van der Waals surface area contributed by atoms with Gasteiger partial charge in [0.2, 0.25) is 5.91 Å². The van der Waals surface area contributed by atoms with E-state index in [1.54, 1.807) is 30.3 Å². The second-order valence-electron chi connectivity index (χ2n) is 5.09. The van der Waals surface area contributed by atoms with Gasteiger partial charge in [0.05, 0.1) is 10.9 Å². The summed E-state index contributed by atoms with van der Waals surface area (Å²) in [5, 5.41) is 3.12. The Morgan fingerprint density at radius 3 is 2.83 bits per heavy atom. The van der Waals surface area contributed by atoms with E-state index in [1.165, 1.54) is 18.2 Å². The van der Waals surface area contributed by atoms with Crippen LogP contribution in [0.15, 0.2) is 53.3 Å². The minimum absolute atomic E-state index is 0.137. The van der Waals surface area contributed by atoms with Crippen LogP contribution >= 0.6 is 0 Å². The second kappa shape index (κ2) is 6.39. The molecule has 3 rings (SSSR count). The Kier molecular flexibility index (Phi) is 4.14. The molecule has 0 radical (unpaired) electrons. The van der Waals surface area contributed by atoms with Crippen LogP contribution in [0, 0.1) is 5.82 Å². The van der Waals surface area contributed by atoms with Crippen LogP contribution in [0.25, 0.3) is 10.9 Å². The molecule has 0 unspecified atom stereocenters. The first-order valence-corrected chi connectivity index (χ1v) is 7.15. The highest BCUT2D eigenvalue weighted by atomic mass is 19.1. The number of H-pyrrole nitrogens is 1. The standard InChI is InChI=1S/C17H14FN3O2/c18-11-4-3-5-12(10-11)19-16(22)9-8-15-20-14-7-2-1-6-13(14)17(23)21-15/h1-7,10H,8-9H2,(H,19,22)(H,20,21,23). The van der Waals surface area contributed by atoms with Gasteiger partial charge in [-0.15, -0.1) is 0 Å². The van der Waals surface area contributed by atoms with Gasteiger partial charge in [0.15, 0.2) is 0 Å². The number of halogens is 1. The number of anilines is 1.